The molecular weight excluding hydrogens is 404 g/mol. The fraction of sp³-hybridized carbons (Fsp3) is 0.182. The van der Waals surface area contributed by atoms with Gasteiger partial charge in [0.1, 0.15) is 0 Å². The monoisotopic (exact) mass is 426 g/mol. The zero-order valence-electron chi connectivity index (χ0n) is 17.1. The molecule has 3 aromatic rings. The van der Waals surface area contributed by atoms with Crippen LogP contribution < -0.4 is 24.3 Å². The number of amides is 1. The number of methoxy groups -OCH3 is 4. The van der Waals surface area contributed by atoms with E-state index in [1.165, 1.54) is 17.4 Å². The van der Waals surface area contributed by atoms with E-state index in [1.54, 1.807) is 46.6 Å². The number of rotatable bonds is 8. The Labute approximate surface area is 178 Å². The summed E-state index contributed by atoms with van der Waals surface area (Å²) in [7, 11) is 6.31. The Bertz CT molecular complexity index is 1060. The maximum atomic E-state index is 12.3. The number of benzene rings is 2. The summed E-state index contributed by atoms with van der Waals surface area (Å²) in [4.78, 5) is 16.7. The molecule has 156 valence electrons. The zero-order chi connectivity index (χ0) is 21.5. The summed E-state index contributed by atoms with van der Waals surface area (Å²) < 4.78 is 21.1. The number of hydrogen-bond donors (Lipinski definition) is 1. The van der Waals surface area contributed by atoms with Crippen LogP contribution in [0.15, 0.2) is 47.9 Å². The Balaban J connectivity index is 1.69. The highest BCUT2D eigenvalue weighted by Gasteiger charge is 2.10. The van der Waals surface area contributed by atoms with E-state index in [0.29, 0.717) is 28.1 Å². The first-order valence-electron chi connectivity index (χ1n) is 8.97. The summed E-state index contributed by atoms with van der Waals surface area (Å²) >= 11 is 1.34. The lowest BCUT2D eigenvalue weighted by Gasteiger charge is -2.08. The van der Waals surface area contributed by atoms with E-state index in [1.807, 2.05) is 29.6 Å². The van der Waals surface area contributed by atoms with Gasteiger partial charge >= 0.3 is 0 Å². The summed E-state index contributed by atoms with van der Waals surface area (Å²) in [6.45, 7) is 0. The first kappa shape index (κ1) is 21.2. The highest BCUT2D eigenvalue weighted by Crippen LogP contribution is 2.33. The molecule has 0 aliphatic carbocycles. The SMILES string of the molecule is COc1ccc(/C=C/C(=O)Nc2nc(-c3ccc(OC)c(OC)c3)cs2)cc1OC. The molecule has 0 aliphatic rings. The molecule has 0 saturated carbocycles. The zero-order valence-corrected chi connectivity index (χ0v) is 17.9. The van der Waals surface area contributed by atoms with Crippen LogP contribution in [0.3, 0.4) is 0 Å². The van der Waals surface area contributed by atoms with Crippen LogP contribution in [0.1, 0.15) is 5.56 Å². The van der Waals surface area contributed by atoms with Gasteiger partial charge in [0.05, 0.1) is 34.1 Å². The molecule has 2 aromatic carbocycles. The molecule has 0 atom stereocenters. The highest BCUT2D eigenvalue weighted by molar-refractivity contribution is 7.14. The van der Waals surface area contributed by atoms with E-state index >= 15 is 0 Å². The number of carbonyl (C=O) groups is 1. The standard InChI is InChI=1S/C22H22N2O5S/c1-26-17-8-5-14(11-19(17)28-3)6-10-21(25)24-22-23-16(13-30-22)15-7-9-18(27-2)20(12-15)29-4/h5-13H,1-4H3,(H,23,24,25)/b10-6+. The number of nitrogens with zero attached hydrogens (tertiary/aromatic N) is 1. The lowest BCUT2D eigenvalue weighted by Crippen LogP contribution is -2.07. The van der Waals surface area contributed by atoms with Gasteiger partial charge in [-0.1, -0.05) is 6.07 Å². The van der Waals surface area contributed by atoms with Gasteiger partial charge in [0.15, 0.2) is 28.1 Å². The molecule has 7 nitrogen and oxygen atoms in total. The number of thiazole rings is 1. The van der Waals surface area contributed by atoms with Crippen LogP contribution in [-0.4, -0.2) is 39.3 Å². The van der Waals surface area contributed by atoms with Crippen LogP contribution in [0.4, 0.5) is 5.13 Å². The van der Waals surface area contributed by atoms with Gasteiger partial charge in [-0.2, -0.15) is 0 Å². The first-order valence-corrected chi connectivity index (χ1v) is 9.85. The third-order valence-corrected chi connectivity index (χ3v) is 5.01. The summed E-state index contributed by atoms with van der Waals surface area (Å²) in [5, 5.41) is 5.15. The minimum Gasteiger partial charge on any atom is -0.493 e. The van der Waals surface area contributed by atoms with Crippen molar-refractivity contribution in [3.8, 4) is 34.3 Å². The maximum absolute atomic E-state index is 12.3. The van der Waals surface area contributed by atoms with Crippen molar-refractivity contribution >= 4 is 28.5 Å². The third-order valence-electron chi connectivity index (χ3n) is 4.25. The van der Waals surface area contributed by atoms with Crippen molar-refractivity contribution in [3.63, 3.8) is 0 Å². The molecule has 0 bridgehead atoms. The Morgan fingerprint density at radius 2 is 1.53 bits per heavy atom. The van der Waals surface area contributed by atoms with Gasteiger partial charge in [-0.25, -0.2) is 4.98 Å². The van der Waals surface area contributed by atoms with Gasteiger partial charge in [-0.05, 0) is 42.0 Å². The van der Waals surface area contributed by atoms with Crippen molar-refractivity contribution in [1.82, 2.24) is 4.98 Å². The van der Waals surface area contributed by atoms with Gasteiger partial charge in [-0.15, -0.1) is 11.3 Å². The van der Waals surface area contributed by atoms with Crippen LogP contribution in [-0.2, 0) is 4.79 Å². The Kier molecular flexibility index (Phi) is 6.92. The van der Waals surface area contributed by atoms with Crippen molar-refractivity contribution in [3.05, 3.63) is 53.4 Å². The minimum absolute atomic E-state index is 0.280. The van der Waals surface area contributed by atoms with E-state index in [-0.39, 0.29) is 5.91 Å². The molecule has 0 unspecified atom stereocenters. The van der Waals surface area contributed by atoms with Gasteiger partial charge < -0.3 is 18.9 Å². The number of aromatic nitrogens is 1. The van der Waals surface area contributed by atoms with Crippen molar-refractivity contribution in [1.29, 1.82) is 0 Å². The van der Waals surface area contributed by atoms with Crippen LogP contribution in [0.25, 0.3) is 17.3 Å². The molecule has 1 N–H and O–H groups in total. The van der Waals surface area contributed by atoms with E-state index in [0.717, 1.165) is 16.8 Å². The number of anilines is 1. The number of nitrogens with one attached hydrogen (secondary N) is 1. The predicted octanol–water partition coefficient (Wildman–Crippen LogP) is 4.50. The average molecular weight is 426 g/mol. The smallest absolute Gasteiger partial charge is 0.250 e. The lowest BCUT2D eigenvalue weighted by atomic mass is 10.1. The van der Waals surface area contributed by atoms with Crippen LogP contribution in [0, 0.1) is 0 Å². The summed E-state index contributed by atoms with van der Waals surface area (Å²) in [6.07, 6.45) is 3.14. The normalized spacial score (nSPS) is 10.7. The Morgan fingerprint density at radius 3 is 2.20 bits per heavy atom. The van der Waals surface area contributed by atoms with E-state index in [4.69, 9.17) is 18.9 Å². The fourth-order valence-corrected chi connectivity index (χ4v) is 3.46. The molecule has 1 aromatic heterocycles. The molecule has 0 spiro atoms. The second-order valence-electron chi connectivity index (χ2n) is 6.04. The quantitative estimate of drug-likeness (QED) is 0.535. The highest BCUT2D eigenvalue weighted by atomic mass is 32.1. The molecule has 1 heterocycles. The van der Waals surface area contributed by atoms with Crippen LogP contribution >= 0.6 is 11.3 Å². The second kappa shape index (κ2) is 9.80. The van der Waals surface area contributed by atoms with Crippen molar-refractivity contribution in [2.24, 2.45) is 0 Å². The number of carbonyl (C=O) groups excluding carboxylic acids is 1. The molecule has 8 heteroatoms. The topological polar surface area (TPSA) is 78.9 Å². The van der Waals surface area contributed by atoms with Crippen LogP contribution in [0.2, 0.25) is 0 Å². The Hall–Kier alpha value is -3.52. The van der Waals surface area contributed by atoms with Gasteiger partial charge in [0.25, 0.3) is 0 Å². The molecule has 3 rings (SSSR count). The largest absolute Gasteiger partial charge is 0.493 e. The van der Waals surface area contributed by atoms with Crippen molar-refractivity contribution in [2.75, 3.05) is 33.8 Å². The van der Waals surface area contributed by atoms with Gasteiger partial charge in [0, 0.05) is 17.0 Å². The summed E-state index contributed by atoms with van der Waals surface area (Å²) in [5.74, 6) is 2.21. The molecule has 0 fully saturated rings. The maximum Gasteiger partial charge on any atom is 0.250 e. The third kappa shape index (κ3) is 4.90. The van der Waals surface area contributed by atoms with Gasteiger partial charge in [-0.3, -0.25) is 10.1 Å². The number of ether oxygens (including phenoxy) is 4. The van der Waals surface area contributed by atoms with E-state index in [9.17, 15) is 4.79 Å². The molecule has 0 aliphatic heterocycles. The number of hydrogen-bond acceptors (Lipinski definition) is 7. The first-order chi connectivity index (χ1) is 14.6. The van der Waals surface area contributed by atoms with Crippen LogP contribution in [0.5, 0.6) is 23.0 Å². The molecule has 0 radical (unpaired) electrons. The molecular formula is C22H22N2O5S. The van der Waals surface area contributed by atoms with E-state index < -0.39 is 0 Å². The summed E-state index contributed by atoms with van der Waals surface area (Å²) in [6, 6.07) is 11.0. The molecule has 30 heavy (non-hydrogen) atoms. The summed E-state index contributed by atoms with van der Waals surface area (Å²) in [5.41, 5.74) is 2.42. The average Bonchev–Trinajstić information content (AvgIpc) is 3.25. The molecule has 1 amide bonds. The minimum atomic E-state index is -0.280. The van der Waals surface area contributed by atoms with Gasteiger partial charge in [0.2, 0.25) is 5.91 Å². The lowest BCUT2D eigenvalue weighted by molar-refractivity contribution is -0.111. The van der Waals surface area contributed by atoms with E-state index in [2.05, 4.69) is 10.3 Å². The molecule has 0 saturated heterocycles. The van der Waals surface area contributed by atoms with Crippen molar-refractivity contribution < 1.29 is 23.7 Å². The fourth-order valence-electron chi connectivity index (χ4n) is 2.73. The van der Waals surface area contributed by atoms with Crippen molar-refractivity contribution in [2.45, 2.75) is 0 Å². The second-order valence-corrected chi connectivity index (χ2v) is 6.90. The predicted molar refractivity (Wildman–Crippen MR) is 118 cm³/mol. The Morgan fingerprint density at radius 1 is 0.900 bits per heavy atom.